The van der Waals surface area contributed by atoms with E-state index in [1.807, 2.05) is 0 Å². The van der Waals surface area contributed by atoms with Crippen LogP contribution in [-0.2, 0) is 0 Å². The van der Waals surface area contributed by atoms with E-state index in [2.05, 4.69) is 5.32 Å². The fourth-order valence-corrected chi connectivity index (χ4v) is 1.41. The number of carbonyl (C=O) groups is 1. The third-order valence-corrected chi connectivity index (χ3v) is 2.03. The van der Waals surface area contributed by atoms with Gasteiger partial charge in [0.05, 0.1) is 5.69 Å². The first-order valence-electron chi connectivity index (χ1n) is 2.74. The van der Waals surface area contributed by atoms with Gasteiger partial charge in [-0.15, -0.1) is 11.3 Å². The monoisotopic (exact) mass is 197 g/mol. The summed E-state index contributed by atoms with van der Waals surface area (Å²) in [7, 11) is 1.70. The Morgan fingerprint density at radius 2 is 2.36 bits per heavy atom. The van der Waals surface area contributed by atoms with E-state index in [0.29, 0.717) is 10.6 Å². The van der Waals surface area contributed by atoms with Gasteiger partial charge >= 0.3 is 57.4 Å². The molecule has 0 amide bonds. The molecule has 0 aliphatic carbocycles. The molecular weight excluding hydrogens is 189 g/mol. The Morgan fingerprint density at radius 3 is 2.73 bits per heavy atom. The molecule has 2 N–H and O–H groups in total. The van der Waals surface area contributed by atoms with Gasteiger partial charge in [-0.1, -0.05) is 0 Å². The first kappa shape index (κ1) is 11.6. The molecule has 0 bridgehead atoms. The number of nitrogens with one attached hydrogen (secondary N) is 1. The number of thiophene rings is 1. The zero-order valence-corrected chi connectivity index (χ0v) is 6.23. The number of aromatic carboxylic acids is 1. The Balaban J connectivity index is 0.000001000. The van der Waals surface area contributed by atoms with Crippen molar-refractivity contribution in [3.05, 3.63) is 16.3 Å². The van der Waals surface area contributed by atoms with Crippen molar-refractivity contribution >= 4 is 74.4 Å². The number of anilines is 1. The van der Waals surface area contributed by atoms with E-state index in [1.54, 1.807) is 18.5 Å². The second-order valence-corrected chi connectivity index (χ2v) is 2.63. The predicted molar refractivity (Wildman–Crippen MR) is 48.0 cm³/mol. The van der Waals surface area contributed by atoms with Crippen LogP contribution in [-0.4, -0.2) is 69.5 Å². The van der Waals surface area contributed by atoms with Crippen molar-refractivity contribution in [2.75, 3.05) is 12.4 Å². The molecule has 0 saturated carbocycles. The van der Waals surface area contributed by atoms with Crippen LogP contribution in [0.3, 0.4) is 0 Å². The minimum atomic E-state index is -0.876. The maximum atomic E-state index is 10.4. The third-order valence-electron chi connectivity index (χ3n) is 1.13. The Bertz CT molecular complexity index is 248. The predicted octanol–water partition coefficient (Wildman–Crippen LogP) is 0.839. The van der Waals surface area contributed by atoms with Gasteiger partial charge in [-0.2, -0.15) is 0 Å². The average molecular weight is 197 g/mol. The summed E-state index contributed by atoms with van der Waals surface area (Å²) in [6, 6.07) is 1.74. The molecule has 0 aliphatic heterocycles. The molecule has 0 fully saturated rings. The molecule has 1 aromatic heterocycles. The Hall–Kier alpha value is 0.606. The Kier molecular flexibility index (Phi) is 5.58. The number of hydrogen-bond donors (Lipinski definition) is 2. The van der Waals surface area contributed by atoms with Gasteiger partial charge < -0.3 is 10.4 Å². The van der Waals surface area contributed by atoms with Crippen molar-refractivity contribution in [3.8, 4) is 0 Å². The second-order valence-electron chi connectivity index (χ2n) is 1.72. The van der Waals surface area contributed by atoms with Gasteiger partial charge in [-0.05, 0) is 11.4 Å². The van der Waals surface area contributed by atoms with Gasteiger partial charge in [0, 0.05) is 7.05 Å². The van der Waals surface area contributed by atoms with Crippen molar-refractivity contribution < 1.29 is 9.90 Å². The van der Waals surface area contributed by atoms with E-state index >= 15 is 0 Å². The first-order valence-corrected chi connectivity index (χ1v) is 3.62. The Labute approximate surface area is 111 Å². The first-order chi connectivity index (χ1) is 4.75. The molecule has 0 saturated heterocycles. The number of carboxylic acid groups (broad SMARTS) is 1. The summed E-state index contributed by atoms with van der Waals surface area (Å²) in [5.41, 5.74) is 0.678. The van der Waals surface area contributed by atoms with Gasteiger partial charge in [-0.25, -0.2) is 4.79 Å². The van der Waals surface area contributed by atoms with Crippen molar-refractivity contribution in [2.45, 2.75) is 0 Å². The SMILES string of the molecule is CNc1ccsc1C(=O)O.[KH]. The zero-order chi connectivity index (χ0) is 7.56. The molecule has 0 unspecified atom stereocenters. The molecule has 0 aliphatic rings. The second kappa shape index (κ2) is 5.29. The quantitative estimate of drug-likeness (QED) is 0.691. The number of rotatable bonds is 2. The molecule has 0 radical (unpaired) electrons. The summed E-state index contributed by atoms with van der Waals surface area (Å²) in [6.45, 7) is 0. The van der Waals surface area contributed by atoms with E-state index in [-0.39, 0.29) is 51.4 Å². The van der Waals surface area contributed by atoms with Crippen LogP contribution < -0.4 is 5.32 Å². The molecule has 0 aromatic carbocycles. The van der Waals surface area contributed by atoms with Crippen LogP contribution in [0.5, 0.6) is 0 Å². The van der Waals surface area contributed by atoms with E-state index < -0.39 is 5.97 Å². The minimum absolute atomic E-state index is 0. The van der Waals surface area contributed by atoms with Gasteiger partial charge in [0.2, 0.25) is 0 Å². The van der Waals surface area contributed by atoms with Crippen LogP contribution in [0, 0.1) is 0 Å². The number of hydrogen-bond acceptors (Lipinski definition) is 3. The molecule has 1 heterocycles. The molecule has 5 heteroatoms. The van der Waals surface area contributed by atoms with Crippen LogP contribution >= 0.6 is 11.3 Å². The van der Waals surface area contributed by atoms with Gasteiger partial charge in [0.1, 0.15) is 4.88 Å². The fourth-order valence-electron chi connectivity index (χ4n) is 0.672. The number of carboxylic acids is 1. The van der Waals surface area contributed by atoms with Gasteiger partial charge in [-0.3, -0.25) is 0 Å². The van der Waals surface area contributed by atoms with Crippen LogP contribution in [0.4, 0.5) is 5.69 Å². The normalized spacial score (nSPS) is 8.45. The third kappa shape index (κ3) is 2.85. The molecule has 0 atom stereocenters. The molecule has 1 rings (SSSR count). The molecule has 1 aromatic rings. The molecule has 0 spiro atoms. The summed E-state index contributed by atoms with van der Waals surface area (Å²) in [4.78, 5) is 10.8. The van der Waals surface area contributed by atoms with E-state index in [1.165, 1.54) is 11.3 Å². The molecule has 11 heavy (non-hydrogen) atoms. The summed E-state index contributed by atoms with van der Waals surface area (Å²) in [5.74, 6) is -0.876. The molecular formula is C6H8KNO2S. The zero-order valence-electron chi connectivity index (χ0n) is 5.42. The van der Waals surface area contributed by atoms with E-state index in [4.69, 9.17) is 5.11 Å². The average Bonchev–Trinajstić information content (AvgIpc) is 2.33. The van der Waals surface area contributed by atoms with Crippen molar-refractivity contribution in [1.82, 2.24) is 0 Å². The van der Waals surface area contributed by atoms with Crippen LogP contribution in [0.2, 0.25) is 0 Å². The van der Waals surface area contributed by atoms with Gasteiger partial charge in [0.25, 0.3) is 0 Å². The van der Waals surface area contributed by atoms with Crippen molar-refractivity contribution in [2.24, 2.45) is 0 Å². The van der Waals surface area contributed by atoms with Crippen molar-refractivity contribution in [1.29, 1.82) is 0 Å². The van der Waals surface area contributed by atoms with Crippen molar-refractivity contribution in [3.63, 3.8) is 0 Å². The maximum absolute atomic E-state index is 10.4. The van der Waals surface area contributed by atoms with Crippen LogP contribution in [0.15, 0.2) is 11.4 Å². The summed E-state index contributed by atoms with van der Waals surface area (Å²) < 4.78 is 0. The van der Waals surface area contributed by atoms with Crippen LogP contribution in [0.25, 0.3) is 0 Å². The summed E-state index contributed by atoms with van der Waals surface area (Å²) in [6.07, 6.45) is 0. The topological polar surface area (TPSA) is 49.3 Å². The molecule has 56 valence electrons. The van der Waals surface area contributed by atoms with E-state index in [9.17, 15) is 4.79 Å². The summed E-state index contributed by atoms with van der Waals surface area (Å²) in [5, 5.41) is 13.1. The van der Waals surface area contributed by atoms with Crippen LogP contribution in [0.1, 0.15) is 9.67 Å². The Morgan fingerprint density at radius 1 is 1.73 bits per heavy atom. The molecule has 3 nitrogen and oxygen atoms in total. The standard InChI is InChI=1S/C6H7NO2S.K.H/c1-7-4-2-3-10-5(4)6(8)9;;/h2-3,7H,1H3,(H,8,9);;. The van der Waals surface area contributed by atoms with Gasteiger partial charge in [0.15, 0.2) is 0 Å². The fraction of sp³-hybridized carbons (Fsp3) is 0.167. The van der Waals surface area contributed by atoms with E-state index in [0.717, 1.165) is 0 Å². The summed E-state index contributed by atoms with van der Waals surface area (Å²) >= 11 is 1.22.